The second-order valence-corrected chi connectivity index (χ2v) is 10.7. The highest BCUT2D eigenvalue weighted by atomic mass is 35.5. The SMILES string of the molecule is CCn1c(CN2CCN(S(=O)(=O)c3ccc(Cl)cc3)CC2)nc2cc(C(=O)N(C)C)ccc21. The minimum atomic E-state index is -3.54. The van der Waals surface area contributed by atoms with Crippen molar-refractivity contribution in [2.24, 2.45) is 0 Å². The summed E-state index contributed by atoms with van der Waals surface area (Å²) in [5.41, 5.74) is 2.40. The van der Waals surface area contributed by atoms with Gasteiger partial charge in [0.2, 0.25) is 10.0 Å². The highest BCUT2D eigenvalue weighted by Crippen LogP contribution is 2.23. The van der Waals surface area contributed by atoms with E-state index in [2.05, 4.69) is 16.4 Å². The number of aromatic nitrogens is 2. The van der Waals surface area contributed by atoms with Crippen LogP contribution in [0.1, 0.15) is 23.1 Å². The van der Waals surface area contributed by atoms with Gasteiger partial charge in [0, 0.05) is 57.4 Å². The van der Waals surface area contributed by atoms with E-state index in [0.29, 0.717) is 43.3 Å². The van der Waals surface area contributed by atoms with Crippen LogP contribution in [0.2, 0.25) is 5.02 Å². The van der Waals surface area contributed by atoms with E-state index >= 15 is 0 Å². The van der Waals surface area contributed by atoms with E-state index in [4.69, 9.17) is 16.6 Å². The predicted molar refractivity (Wildman–Crippen MR) is 129 cm³/mol. The first kappa shape index (κ1) is 23.7. The minimum absolute atomic E-state index is 0.0532. The molecular weight excluding hydrogens is 462 g/mol. The molecule has 1 fully saturated rings. The molecule has 0 unspecified atom stereocenters. The molecule has 176 valence electrons. The number of benzene rings is 2. The molecule has 2 aromatic carbocycles. The van der Waals surface area contributed by atoms with Crippen molar-refractivity contribution >= 4 is 38.6 Å². The van der Waals surface area contributed by atoms with E-state index in [1.807, 2.05) is 18.2 Å². The van der Waals surface area contributed by atoms with E-state index in [9.17, 15) is 13.2 Å². The van der Waals surface area contributed by atoms with E-state index in [1.165, 1.54) is 4.31 Å². The van der Waals surface area contributed by atoms with Crippen molar-refractivity contribution in [2.45, 2.75) is 24.9 Å². The van der Waals surface area contributed by atoms with Crippen molar-refractivity contribution < 1.29 is 13.2 Å². The second-order valence-electron chi connectivity index (χ2n) is 8.31. The molecule has 0 atom stereocenters. The zero-order valence-electron chi connectivity index (χ0n) is 19.0. The van der Waals surface area contributed by atoms with Gasteiger partial charge in [-0.25, -0.2) is 13.4 Å². The van der Waals surface area contributed by atoms with Crippen molar-refractivity contribution in [3.63, 3.8) is 0 Å². The molecule has 4 rings (SSSR count). The van der Waals surface area contributed by atoms with Gasteiger partial charge in [-0.3, -0.25) is 9.69 Å². The Labute approximate surface area is 199 Å². The summed E-state index contributed by atoms with van der Waals surface area (Å²) in [5.74, 6) is 0.860. The van der Waals surface area contributed by atoms with Gasteiger partial charge >= 0.3 is 0 Å². The molecule has 0 aliphatic carbocycles. The number of hydrogen-bond acceptors (Lipinski definition) is 5. The van der Waals surface area contributed by atoms with Crippen molar-refractivity contribution in [1.82, 2.24) is 23.7 Å². The van der Waals surface area contributed by atoms with Crippen LogP contribution in [-0.2, 0) is 23.1 Å². The summed E-state index contributed by atoms with van der Waals surface area (Å²) < 4.78 is 29.5. The Morgan fingerprint density at radius 3 is 2.33 bits per heavy atom. The molecule has 1 aromatic heterocycles. The van der Waals surface area contributed by atoms with E-state index < -0.39 is 10.0 Å². The fourth-order valence-corrected chi connectivity index (χ4v) is 5.68. The van der Waals surface area contributed by atoms with E-state index in [0.717, 1.165) is 23.4 Å². The van der Waals surface area contributed by atoms with Crippen LogP contribution >= 0.6 is 11.6 Å². The first-order valence-corrected chi connectivity index (χ1v) is 12.7. The number of fused-ring (bicyclic) bond motifs is 1. The Hall–Kier alpha value is -2.46. The van der Waals surface area contributed by atoms with Crippen molar-refractivity contribution in [3.8, 4) is 0 Å². The number of hydrogen-bond donors (Lipinski definition) is 0. The summed E-state index contributed by atoms with van der Waals surface area (Å²) in [6.45, 7) is 5.51. The van der Waals surface area contributed by atoms with Gasteiger partial charge in [0.25, 0.3) is 5.91 Å². The molecule has 3 aromatic rings. The maximum atomic E-state index is 12.9. The Kier molecular flexibility index (Phi) is 6.76. The van der Waals surface area contributed by atoms with Gasteiger partial charge < -0.3 is 9.47 Å². The molecular formula is C23H28ClN5O3S. The first-order chi connectivity index (χ1) is 15.7. The van der Waals surface area contributed by atoms with Crippen LogP contribution in [0.3, 0.4) is 0 Å². The van der Waals surface area contributed by atoms with Crippen LogP contribution in [0.25, 0.3) is 11.0 Å². The third-order valence-corrected chi connectivity index (χ3v) is 8.11. The number of imidazole rings is 1. The van der Waals surface area contributed by atoms with Gasteiger partial charge in [-0.15, -0.1) is 0 Å². The maximum absolute atomic E-state index is 12.9. The normalized spacial score (nSPS) is 15.8. The van der Waals surface area contributed by atoms with Crippen molar-refractivity contribution in [3.05, 3.63) is 58.9 Å². The third kappa shape index (κ3) is 4.77. The molecule has 0 N–H and O–H groups in total. The quantitative estimate of drug-likeness (QED) is 0.532. The highest BCUT2D eigenvalue weighted by Gasteiger charge is 2.29. The Morgan fingerprint density at radius 2 is 1.73 bits per heavy atom. The summed E-state index contributed by atoms with van der Waals surface area (Å²) in [6.07, 6.45) is 0. The summed E-state index contributed by atoms with van der Waals surface area (Å²) >= 11 is 5.89. The van der Waals surface area contributed by atoms with Crippen LogP contribution in [0.5, 0.6) is 0 Å². The molecule has 1 amide bonds. The minimum Gasteiger partial charge on any atom is -0.345 e. The third-order valence-electron chi connectivity index (χ3n) is 5.94. The van der Waals surface area contributed by atoms with Gasteiger partial charge in [0.1, 0.15) is 5.82 Å². The average molecular weight is 490 g/mol. The van der Waals surface area contributed by atoms with Crippen LogP contribution in [-0.4, -0.2) is 78.3 Å². The number of nitrogens with zero attached hydrogens (tertiary/aromatic N) is 5. The number of aryl methyl sites for hydroxylation is 1. The van der Waals surface area contributed by atoms with Crippen molar-refractivity contribution in [1.29, 1.82) is 0 Å². The standard InChI is InChI=1S/C23H28ClN5O3S/c1-4-29-21-10-5-17(23(30)26(2)3)15-20(21)25-22(29)16-27-11-13-28(14-12-27)33(31,32)19-8-6-18(24)7-9-19/h5-10,15H,4,11-14,16H2,1-3H3. The lowest BCUT2D eigenvalue weighted by atomic mass is 10.2. The predicted octanol–water partition coefficient (Wildman–Crippen LogP) is 2.92. The number of carbonyl (C=O) groups is 1. The average Bonchev–Trinajstić information content (AvgIpc) is 3.15. The molecule has 0 saturated carbocycles. The van der Waals surface area contributed by atoms with Gasteiger partial charge in [0.05, 0.1) is 22.5 Å². The molecule has 8 nitrogen and oxygen atoms in total. The highest BCUT2D eigenvalue weighted by molar-refractivity contribution is 7.89. The Bertz CT molecular complexity index is 1260. The summed E-state index contributed by atoms with van der Waals surface area (Å²) in [6, 6.07) is 11.9. The van der Waals surface area contributed by atoms with Crippen LogP contribution in [0, 0.1) is 0 Å². The number of halogens is 1. The monoisotopic (exact) mass is 489 g/mol. The van der Waals surface area contributed by atoms with Crippen LogP contribution in [0.4, 0.5) is 0 Å². The molecule has 0 radical (unpaired) electrons. The first-order valence-electron chi connectivity index (χ1n) is 10.9. The molecule has 0 bridgehead atoms. The number of piperazine rings is 1. The number of carbonyl (C=O) groups excluding carboxylic acids is 1. The largest absolute Gasteiger partial charge is 0.345 e. The van der Waals surface area contributed by atoms with Gasteiger partial charge in [-0.1, -0.05) is 11.6 Å². The van der Waals surface area contributed by atoms with Gasteiger partial charge in [-0.2, -0.15) is 4.31 Å². The smallest absolute Gasteiger partial charge is 0.253 e. The van der Waals surface area contributed by atoms with E-state index in [-0.39, 0.29) is 10.8 Å². The van der Waals surface area contributed by atoms with Crippen LogP contribution in [0.15, 0.2) is 47.4 Å². The topological polar surface area (TPSA) is 78.7 Å². The lowest BCUT2D eigenvalue weighted by molar-refractivity contribution is 0.0827. The maximum Gasteiger partial charge on any atom is 0.253 e. The Balaban J connectivity index is 1.48. The molecule has 33 heavy (non-hydrogen) atoms. The lowest BCUT2D eigenvalue weighted by Crippen LogP contribution is -2.48. The summed E-state index contributed by atoms with van der Waals surface area (Å²) in [5, 5.41) is 0.510. The van der Waals surface area contributed by atoms with E-state index in [1.54, 1.807) is 43.3 Å². The lowest BCUT2D eigenvalue weighted by Gasteiger charge is -2.33. The number of amides is 1. The van der Waals surface area contributed by atoms with Crippen LogP contribution < -0.4 is 0 Å². The van der Waals surface area contributed by atoms with Gasteiger partial charge in [-0.05, 0) is 49.4 Å². The Morgan fingerprint density at radius 1 is 1.06 bits per heavy atom. The molecule has 1 aliphatic heterocycles. The molecule has 0 spiro atoms. The fourth-order valence-electron chi connectivity index (χ4n) is 4.13. The molecule has 2 heterocycles. The van der Waals surface area contributed by atoms with Crippen molar-refractivity contribution in [2.75, 3.05) is 40.3 Å². The second kappa shape index (κ2) is 9.42. The fraction of sp³-hybridized carbons (Fsp3) is 0.391. The number of rotatable bonds is 6. The summed E-state index contributed by atoms with van der Waals surface area (Å²) in [4.78, 5) is 21.2. The van der Waals surface area contributed by atoms with Gasteiger partial charge in [0.15, 0.2) is 0 Å². The molecule has 1 aliphatic rings. The molecule has 1 saturated heterocycles. The zero-order chi connectivity index (χ0) is 23.8. The molecule has 10 heteroatoms. The number of sulfonamides is 1. The zero-order valence-corrected chi connectivity index (χ0v) is 20.6. The summed E-state index contributed by atoms with van der Waals surface area (Å²) in [7, 11) is -0.0741.